The summed E-state index contributed by atoms with van der Waals surface area (Å²) in [6.45, 7) is 0.829. The standard InChI is InChI=1S/C15H17NO/c16-9-12-2-1-3-15(8-12)17-10-14-7-11-4-5-13(14)6-11/h1-3,8,11,13-14H,4-7,10H2. The van der Waals surface area contributed by atoms with Crippen molar-refractivity contribution in [2.24, 2.45) is 17.8 Å². The lowest BCUT2D eigenvalue weighted by atomic mass is 9.89. The summed E-state index contributed by atoms with van der Waals surface area (Å²) in [5.41, 5.74) is 0.676. The van der Waals surface area contributed by atoms with E-state index < -0.39 is 0 Å². The molecule has 0 spiro atoms. The molecular weight excluding hydrogens is 210 g/mol. The van der Waals surface area contributed by atoms with Crippen LogP contribution < -0.4 is 4.74 Å². The van der Waals surface area contributed by atoms with Gasteiger partial charge in [0.2, 0.25) is 0 Å². The van der Waals surface area contributed by atoms with Gasteiger partial charge in [0.15, 0.2) is 0 Å². The summed E-state index contributed by atoms with van der Waals surface area (Å²) >= 11 is 0. The molecule has 3 rings (SSSR count). The first-order chi connectivity index (χ1) is 8.35. The molecule has 3 atom stereocenters. The maximum absolute atomic E-state index is 8.82. The molecule has 3 unspecified atom stereocenters. The van der Waals surface area contributed by atoms with E-state index in [1.807, 2.05) is 24.3 Å². The van der Waals surface area contributed by atoms with Gasteiger partial charge in [0, 0.05) is 0 Å². The van der Waals surface area contributed by atoms with E-state index in [1.165, 1.54) is 25.7 Å². The molecule has 2 bridgehead atoms. The summed E-state index contributed by atoms with van der Waals surface area (Å²) in [4.78, 5) is 0. The second-order valence-electron chi connectivity index (χ2n) is 5.39. The van der Waals surface area contributed by atoms with Gasteiger partial charge in [-0.15, -0.1) is 0 Å². The second-order valence-corrected chi connectivity index (χ2v) is 5.39. The first kappa shape index (κ1) is 10.7. The monoisotopic (exact) mass is 227 g/mol. The Kier molecular flexibility index (Phi) is 2.76. The van der Waals surface area contributed by atoms with Crippen LogP contribution in [-0.4, -0.2) is 6.61 Å². The fourth-order valence-electron chi connectivity index (χ4n) is 3.44. The number of nitriles is 1. The van der Waals surface area contributed by atoms with Crippen LogP contribution in [0.5, 0.6) is 5.75 Å². The van der Waals surface area contributed by atoms with Crippen LogP contribution in [0.1, 0.15) is 31.2 Å². The smallest absolute Gasteiger partial charge is 0.120 e. The predicted octanol–water partition coefficient (Wildman–Crippen LogP) is 3.37. The molecule has 2 heteroatoms. The van der Waals surface area contributed by atoms with Gasteiger partial charge in [0.05, 0.1) is 18.2 Å². The van der Waals surface area contributed by atoms with Crippen molar-refractivity contribution in [3.63, 3.8) is 0 Å². The average Bonchev–Trinajstić information content (AvgIpc) is 2.99. The van der Waals surface area contributed by atoms with Crippen LogP contribution in [0.2, 0.25) is 0 Å². The lowest BCUT2D eigenvalue weighted by molar-refractivity contribution is 0.195. The molecule has 0 aliphatic heterocycles. The zero-order valence-electron chi connectivity index (χ0n) is 9.93. The number of nitrogens with zero attached hydrogens (tertiary/aromatic N) is 1. The molecule has 17 heavy (non-hydrogen) atoms. The first-order valence-corrected chi connectivity index (χ1v) is 6.48. The molecule has 0 heterocycles. The molecular formula is C15H17NO. The molecule has 2 aliphatic rings. The van der Waals surface area contributed by atoms with E-state index in [0.717, 1.165) is 30.1 Å². The molecule has 2 saturated carbocycles. The Labute approximate surface area is 102 Å². The van der Waals surface area contributed by atoms with E-state index in [0.29, 0.717) is 5.56 Å². The first-order valence-electron chi connectivity index (χ1n) is 6.48. The quantitative estimate of drug-likeness (QED) is 0.793. The summed E-state index contributed by atoms with van der Waals surface area (Å²) < 4.78 is 5.83. The summed E-state index contributed by atoms with van der Waals surface area (Å²) in [5, 5.41) is 8.82. The van der Waals surface area contributed by atoms with Crippen LogP contribution in [0.15, 0.2) is 24.3 Å². The number of hydrogen-bond acceptors (Lipinski definition) is 2. The lowest BCUT2D eigenvalue weighted by Crippen LogP contribution is -2.18. The molecule has 0 N–H and O–H groups in total. The molecule has 0 amide bonds. The van der Waals surface area contributed by atoms with Crippen LogP contribution in [0.4, 0.5) is 0 Å². The van der Waals surface area contributed by atoms with E-state index in [2.05, 4.69) is 6.07 Å². The van der Waals surface area contributed by atoms with Crippen LogP contribution in [0, 0.1) is 29.1 Å². The topological polar surface area (TPSA) is 33.0 Å². The molecule has 1 aromatic carbocycles. The third kappa shape index (κ3) is 2.15. The van der Waals surface area contributed by atoms with Crippen molar-refractivity contribution >= 4 is 0 Å². The molecule has 0 aromatic heterocycles. The Balaban J connectivity index is 1.59. The van der Waals surface area contributed by atoms with Gasteiger partial charge in [-0.05, 0) is 55.2 Å². The normalized spacial score (nSPS) is 30.2. The largest absolute Gasteiger partial charge is 0.493 e. The zero-order valence-corrected chi connectivity index (χ0v) is 9.93. The molecule has 0 saturated heterocycles. The second kappa shape index (κ2) is 4.41. The zero-order chi connectivity index (χ0) is 11.7. The molecule has 2 fully saturated rings. The highest BCUT2D eigenvalue weighted by Crippen LogP contribution is 2.48. The van der Waals surface area contributed by atoms with Gasteiger partial charge < -0.3 is 4.74 Å². The lowest BCUT2D eigenvalue weighted by Gasteiger charge is -2.21. The minimum atomic E-state index is 0.676. The minimum Gasteiger partial charge on any atom is -0.493 e. The number of benzene rings is 1. The maximum atomic E-state index is 8.82. The molecule has 0 radical (unpaired) electrons. The van der Waals surface area contributed by atoms with Crippen molar-refractivity contribution in [3.8, 4) is 11.8 Å². The highest BCUT2D eigenvalue weighted by atomic mass is 16.5. The Bertz CT molecular complexity index is 448. The summed E-state index contributed by atoms with van der Waals surface area (Å²) in [6.07, 6.45) is 5.61. The van der Waals surface area contributed by atoms with E-state index >= 15 is 0 Å². The number of rotatable bonds is 3. The Hall–Kier alpha value is -1.49. The summed E-state index contributed by atoms with van der Waals surface area (Å²) in [6, 6.07) is 9.60. The molecule has 88 valence electrons. The van der Waals surface area contributed by atoms with Crippen LogP contribution in [0.3, 0.4) is 0 Å². The number of fused-ring (bicyclic) bond motifs is 2. The SMILES string of the molecule is N#Cc1cccc(OCC2CC3CCC2C3)c1. The van der Waals surface area contributed by atoms with Gasteiger partial charge in [-0.1, -0.05) is 12.5 Å². The number of ether oxygens (including phenoxy) is 1. The fraction of sp³-hybridized carbons (Fsp3) is 0.533. The molecule has 1 aromatic rings. The van der Waals surface area contributed by atoms with Gasteiger partial charge in [-0.3, -0.25) is 0 Å². The third-order valence-corrected chi connectivity index (χ3v) is 4.31. The van der Waals surface area contributed by atoms with E-state index in [9.17, 15) is 0 Å². The van der Waals surface area contributed by atoms with E-state index in [-0.39, 0.29) is 0 Å². The number of hydrogen-bond donors (Lipinski definition) is 0. The molecule has 2 nitrogen and oxygen atoms in total. The predicted molar refractivity (Wildman–Crippen MR) is 65.6 cm³/mol. The van der Waals surface area contributed by atoms with Crippen molar-refractivity contribution in [1.82, 2.24) is 0 Å². The summed E-state index contributed by atoms with van der Waals surface area (Å²) in [5.74, 6) is 3.46. The van der Waals surface area contributed by atoms with Crippen molar-refractivity contribution in [2.45, 2.75) is 25.7 Å². The summed E-state index contributed by atoms with van der Waals surface area (Å²) in [7, 11) is 0. The van der Waals surface area contributed by atoms with Crippen molar-refractivity contribution < 1.29 is 4.74 Å². The van der Waals surface area contributed by atoms with Crippen molar-refractivity contribution in [1.29, 1.82) is 5.26 Å². The maximum Gasteiger partial charge on any atom is 0.120 e. The molecule has 2 aliphatic carbocycles. The van der Waals surface area contributed by atoms with Gasteiger partial charge in [0.25, 0.3) is 0 Å². The van der Waals surface area contributed by atoms with Gasteiger partial charge in [-0.2, -0.15) is 5.26 Å². The van der Waals surface area contributed by atoms with Gasteiger partial charge in [-0.25, -0.2) is 0 Å². The highest BCUT2D eigenvalue weighted by molar-refractivity contribution is 5.36. The minimum absolute atomic E-state index is 0.676. The van der Waals surface area contributed by atoms with Crippen LogP contribution in [0.25, 0.3) is 0 Å². The third-order valence-electron chi connectivity index (χ3n) is 4.31. The average molecular weight is 227 g/mol. The van der Waals surface area contributed by atoms with Gasteiger partial charge >= 0.3 is 0 Å². The van der Waals surface area contributed by atoms with Crippen LogP contribution >= 0.6 is 0 Å². The fourth-order valence-corrected chi connectivity index (χ4v) is 3.44. The Morgan fingerprint density at radius 2 is 2.24 bits per heavy atom. The highest BCUT2D eigenvalue weighted by Gasteiger charge is 2.39. The van der Waals surface area contributed by atoms with Crippen molar-refractivity contribution in [3.05, 3.63) is 29.8 Å². The van der Waals surface area contributed by atoms with Crippen molar-refractivity contribution in [2.75, 3.05) is 6.61 Å². The Morgan fingerprint density at radius 3 is 2.94 bits per heavy atom. The van der Waals surface area contributed by atoms with Gasteiger partial charge in [0.1, 0.15) is 5.75 Å². The van der Waals surface area contributed by atoms with E-state index in [4.69, 9.17) is 10.00 Å². The van der Waals surface area contributed by atoms with E-state index in [1.54, 1.807) is 0 Å². The van der Waals surface area contributed by atoms with Crippen LogP contribution in [-0.2, 0) is 0 Å². The Morgan fingerprint density at radius 1 is 1.29 bits per heavy atom.